The lowest BCUT2D eigenvalue weighted by atomic mass is 10.1. The molecule has 0 radical (unpaired) electrons. The number of hydrogen-bond acceptors (Lipinski definition) is 11. The minimum absolute atomic E-state index is 0.0547. The summed E-state index contributed by atoms with van der Waals surface area (Å²) < 4.78 is 46.8. The fraction of sp³-hybridized carbons (Fsp3) is 0.321. The summed E-state index contributed by atoms with van der Waals surface area (Å²) in [7, 11) is 2.26. The minimum atomic E-state index is -3.83. The van der Waals surface area contributed by atoms with Gasteiger partial charge in [0.05, 0.1) is 63.8 Å². The SMILES string of the molecule is COc1cc(OC)c(C)c(N(Cc2nccn2S(=O)(=O)N(C)C)c2ccc3ncc(-c4cnn(C5COC5)c4)nc3n2)c1. The van der Waals surface area contributed by atoms with Gasteiger partial charge in [-0.15, -0.1) is 0 Å². The highest BCUT2D eigenvalue weighted by atomic mass is 32.2. The molecule has 0 unspecified atom stereocenters. The van der Waals surface area contributed by atoms with E-state index in [1.807, 2.05) is 40.9 Å². The van der Waals surface area contributed by atoms with E-state index < -0.39 is 10.2 Å². The standard InChI is InChI=1S/C28H31N9O5S/c1-18-24(10-21(40-4)11-25(18)41-5)35(15-27-29-8-9-37(27)43(38,39)34(2)3)26-7-6-22-28(33-26)32-23(13-30-22)19-12-31-36(14-19)20-16-42-17-20/h6-14,20H,15-17H2,1-5H3. The second kappa shape index (κ2) is 11.2. The van der Waals surface area contributed by atoms with Crippen molar-refractivity contribution in [3.63, 3.8) is 0 Å². The van der Waals surface area contributed by atoms with E-state index in [9.17, 15) is 8.42 Å². The Morgan fingerprint density at radius 1 is 1.07 bits per heavy atom. The Balaban J connectivity index is 1.47. The third kappa shape index (κ3) is 5.26. The molecule has 5 heterocycles. The Labute approximate surface area is 248 Å². The molecule has 0 amide bonds. The van der Waals surface area contributed by atoms with Gasteiger partial charge in [-0.1, -0.05) is 0 Å². The van der Waals surface area contributed by atoms with Gasteiger partial charge in [-0.05, 0) is 19.1 Å². The van der Waals surface area contributed by atoms with E-state index in [1.165, 1.54) is 26.5 Å². The molecule has 43 heavy (non-hydrogen) atoms. The number of methoxy groups -OCH3 is 2. The Morgan fingerprint density at radius 2 is 1.88 bits per heavy atom. The Bertz CT molecular complexity index is 1900. The second-order valence-corrected chi connectivity index (χ2v) is 12.2. The molecule has 0 N–H and O–H groups in total. The number of fused-ring (bicyclic) bond motifs is 1. The van der Waals surface area contributed by atoms with E-state index in [0.717, 1.165) is 19.4 Å². The van der Waals surface area contributed by atoms with Gasteiger partial charge in [-0.3, -0.25) is 9.67 Å². The predicted octanol–water partition coefficient (Wildman–Crippen LogP) is 2.97. The van der Waals surface area contributed by atoms with Gasteiger partial charge in [0.25, 0.3) is 0 Å². The van der Waals surface area contributed by atoms with E-state index in [2.05, 4.69) is 15.1 Å². The lowest BCUT2D eigenvalue weighted by Crippen LogP contribution is -2.31. The number of aromatic nitrogens is 7. The van der Waals surface area contributed by atoms with Crippen molar-refractivity contribution in [2.75, 3.05) is 46.4 Å². The first kappa shape index (κ1) is 28.5. The van der Waals surface area contributed by atoms with Crippen LogP contribution in [0.4, 0.5) is 11.5 Å². The highest BCUT2D eigenvalue weighted by molar-refractivity contribution is 7.87. The van der Waals surface area contributed by atoms with Crippen LogP contribution in [0.25, 0.3) is 22.4 Å². The van der Waals surface area contributed by atoms with Crippen molar-refractivity contribution in [1.82, 2.24) is 38.0 Å². The maximum absolute atomic E-state index is 13.1. The molecule has 1 aliphatic rings. The zero-order valence-corrected chi connectivity index (χ0v) is 25.2. The van der Waals surface area contributed by atoms with E-state index in [-0.39, 0.29) is 18.4 Å². The smallest absolute Gasteiger partial charge is 0.308 e. The minimum Gasteiger partial charge on any atom is -0.497 e. The molecule has 5 aromatic rings. The number of benzene rings is 1. The molecule has 0 aliphatic carbocycles. The van der Waals surface area contributed by atoms with Crippen LogP contribution in [0.2, 0.25) is 0 Å². The van der Waals surface area contributed by atoms with Crippen LogP contribution in [-0.4, -0.2) is 87.9 Å². The lowest BCUT2D eigenvalue weighted by molar-refractivity contribution is -0.0286. The Kier molecular flexibility index (Phi) is 7.45. The highest BCUT2D eigenvalue weighted by Crippen LogP contribution is 2.38. The maximum Gasteiger partial charge on any atom is 0.308 e. The van der Waals surface area contributed by atoms with Crippen LogP contribution >= 0.6 is 0 Å². The van der Waals surface area contributed by atoms with Crippen LogP contribution in [-0.2, 0) is 21.5 Å². The summed E-state index contributed by atoms with van der Waals surface area (Å²) in [6.45, 7) is 3.23. The van der Waals surface area contributed by atoms with Crippen molar-refractivity contribution in [2.24, 2.45) is 0 Å². The average molecular weight is 606 g/mol. The number of anilines is 2. The molecule has 1 fully saturated rings. The van der Waals surface area contributed by atoms with E-state index in [1.54, 1.807) is 32.7 Å². The summed E-state index contributed by atoms with van der Waals surface area (Å²) >= 11 is 0. The van der Waals surface area contributed by atoms with Gasteiger partial charge in [0.2, 0.25) is 0 Å². The van der Waals surface area contributed by atoms with Crippen LogP contribution in [0.3, 0.4) is 0 Å². The van der Waals surface area contributed by atoms with Crippen LogP contribution in [0, 0.1) is 6.92 Å². The zero-order chi connectivity index (χ0) is 30.3. The van der Waals surface area contributed by atoms with Crippen molar-refractivity contribution in [2.45, 2.75) is 19.5 Å². The van der Waals surface area contributed by atoms with E-state index in [4.69, 9.17) is 24.2 Å². The molecule has 4 aromatic heterocycles. The van der Waals surface area contributed by atoms with Crippen LogP contribution in [0.1, 0.15) is 17.4 Å². The monoisotopic (exact) mass is 605 g/mol. The Hall–Kier alpha value is -4.60. The fourth-order valence-corrected chi connectivity index (χ4v) is 5.66. The zero-order valence-electron chi connectivity index (χ0n) is 24.4. The van der Waals surface area contributed by atoms with Crippen molar-refractivity contribution in [3.8, 4) is 22.8 Å². The molecular formula is C28H31N9O5S. The lowest BCUT2D eigenvalue weighted by Gasteiger charge is -2.27. The van der Waals surface area contributed by atoms with Gasteiger partial charge < -0.3 is 19.1 Å². The molecule has 0 bridgehead atoms. The molecule has 1 aliphatic heterocycles. The second-order valence-electron chi connectivity index (χ2n) is 10.2. The number of pyridine rings is 1. The molecule has 0 saturated carbocycles. The molecule has 0 atom stereocenters. The third-order valence-electron chi connectivity index (χ3n) is 7.30. The maximum atomic E-state index is 13.1. The van der Waals surface area contributed by atoms with Crippen molar-refractivity contribution in [3.05, 3.63) is 66.6 Å². The summed E-state index contributed by atoms with van der Waals surface area (Å²) in [5.74, 6) is 1.93. The molecule has 1 aromatic carbocycles. The largest absolute Gasteiger partial charge is 0.497 e. The summed E-state index contributed by atoms with van der Waals surface area (Å²) in [6.07, 6.45) is 8.25. The van der Waals surface area contributed by atoms with Gasteiger partial charge in [-0.2, -0.15) is 17.8 Å². The van der Waals surface area contributed by atoms with Crippen LogP contribution in [0.15, 0.2) is 55.2 Å². The molecular weight excluding hydrogens is 574 g/mol. The van der Waals surface area contributed by atoms with E-state index in [0.29, 0.717) is 53.1 Å². The van der Waals surface area contributed by atoms with Crippen LogP contribution < -0.4 is 14.4 Å². The van der Waals surface area contributed by atoms with Crippen molar-refractivity contribution in [1.29, 1.82) is 0 Å². The first-order valence-electron chi connectivity index (χ1n) is 13.4. The quantitative estimate of drug-likeness (QED) is 0.232. The number of ether oxygens (including phenoxy) is 3. The van der Waals surface area contributed by atoms with Gasteiger partial charge in [-0.25, -0.2) is 18.9 Å². The summed E-state index contributed by atoms with van der Waals surface area (Å²) in [6, 6.07) is 7.48. The Morgan fingerprint density at radius 3 is 2.58 bits per heavy atom. The predicted molar refractivity (Wildman–Crippen MR) is 159 cm³/mol. The number of imidazole rings is 1. The molecule has 224 valence electrons. The average Bonchev–Trinajstić information content (AvgIpc) is 3.65. The first-order valence-corrected chi connectivity index (χ1v) is 14.8. The highest BCUT2D eigenvalue weighted by Gasteiger charge is 2.25. The van der Waals surface area contributed by atoms with Crippen LogP contribution in [0.5, 0.6) is 11.5 Å². The van der Waals surface area contributed by atoms with Crippen molar-refractivity contribution >= 4 is 32.9 Å². The van der Waals surface area contributed by atoms with Gasteiger partial charge in [0.1, 0.15) is 28.7 Å². The third-order valence-corrected chi connectivity index (χ3v) is 9.06. The van der Waals surface area contributed by atoms with Crippen molar-refractivity contribution < 1.29 is 22.6 Å². The normalized spacial score (nSPS) is 13.8. The topological polar surface area (TPSA) is 143 Å². The van der Waals surface area contributed by atoms with Gasteiger partial charge >= 0.3 is 10.2 Å². The molecule has 1 saturated heterocycles. The molecule has 15 heteroatoms. The molecule has 14 nitrogen and oxygen atoms in total. The first-order chi connectivity index (χ1) is 20.7. The molecule has 0 spiro atoms. The fourth-order valence-electron chi connectivity index (χ4n) is 4.73. The summed E-state index contributed by atoms with van der Waals surface area (Å²) in [4.78, 5) is 20.5. The number of nitrogens with zero attached hydrogens (tertiary/aromatic N) is 9. The number of hydrogen-bond donors (Lipinski definition) is 0. The number of rotatable bonds is 10. The molecule has 6 rings (SSSR count). The van der Waals surface area contributed by atoms with Gasteiger partial charge in [0, 0.05) is 55.9 Å². The van der Waals surface area contributed by atoms with E-state index >= 15 is 0 Å². The van der Waals surface area contributed by atoms with Gasteiger partial charge in [0.15, 0.2) is 5.65 Å². The summed E-state index contributed by atoms with van der Waals surface area (Å²) in [5, 5.41) is 4.46. The summed E-state index contributed by atoms with van der Waals surface area (Å²) in [5.41, 5.74) is 3.94.